The Morgan fingerprint density at radius 2 is 1.65 bits per heavy atom. The first-order valence-corrected chi connectivity index (χ1v) is 11.3. The molecule has 0 unspecified atom stereocenters. The summed E-state index contributed by atoms with van der Waals surface area (Å²) in [5.41, 5.74) is 4.57. The number of carbonyl (C=O) groups excluding carboxylic acids is 2. The Labute approximate surface area is 198 Å². The Bertz CT molecular complexity index is 1520. The maximum Gasteiger partial charge on any atom is 0.255 e. The van der Waals surface area contributed by atoms with Crippen LogP contribution in [-0.2, 0) is 4.79 Å². The lowest BCUT2D eigenvalue weighted by Crippen LogP contribution is -2.11. The number of aromatic nitrogens is 3. The molecule has 0 radical (unpaired) electrons. The number of hydrogen-bond donors (Lipinski definition) is 2. The predicted octanol–water partition coefficient (Wildman–Crippen LogP) is 5.53. The zero-order valence-electron chi connectivity index (χ0n) is 18.3. The molecule has 34 heavy (non-hydrogen) atoms. The molecule has 0 aliphatic carbocycles. The van der Waals surface area contributed by atoms with Crippen molar-refractivity contribution in [1.29, 1.82) is 0 Å². The van der Waals surface area contributed by atoms with Gasteiger partial charge in [0.1, 0.15) is 0 Å². The second-order valence-electron chi connectivity index (χ2n) is 7.70. The van der Waals surface area contributed by atoms with Crippen molar-refractivity contribution in [1.82, 2.24) is 15.2 Å². The smallest absolute Gasteiger partial charge is 0.255 e. The molecule has 0 atom stereocenters. The molecule has 168 valence electrons. The summed E-state index contributed by atoms with van der Waals surface area (Å²) in [6.07, 6.45) is 0. The minimum Gasteiger partial charge on any atom is -0.416 e. The van der Waals surface area contributed by atoms with Crippen LogP contribution in [0.1, 0.15) is 22.8 Å². The highest BCUT2D eigenvalue weighted by Crippen LogP contribution is 2.29. The van der Waals surface area contributed by atoms with Crippen LogP contribution in [0.5, 0.6) is 0 Å². The number of rotatable bonds is 5. The Morgan fingerprint density at radius 3 is 2.38 bits per heavy atom. The van der Waals surface area contributed by atoms with Crippen molar-refractivity contribution in [3.8, 4) is 22.9 Å². The third kappa shape index (κ3) is 4.55. The molecule has 5 rings (SSSR count). The number of fused-ring (bicyclic) bond motifs is 1. The maximum atomic E-state index is 12.7. The van der Waals surface area contributed by atoms with Gasteiger partial charge in [-0.05, 0) is 61.5 Å². The molecule has 8 nitrogen and oxygen atoms in total. The van der Waals surface area contributed by atoms with Crippen LogP contribution in [0.25, 0.3) is 33.1 Å². The number of carbonyl (C=O) groups is 2. The van der Waals surface area contributed by atoms with Gasteiger partial charge in [0.25, 0.3) is 5.91 Å². The summed E-state index contributed by atoms with van der Waals surface area (Å²) >= 11 is 1.35. The summed E-state index contributed by atoms with van der Waals surface area (Å²) in [7, 11) is 0. The molecule has 0 spiro atoms. The number of amides is 2. The molecule has 0 aliphatic rings. The van der Waals surface area contributed by atoms with E-state index < -0.39 is 0 Å². The molecule has 3 aromatic carbocycles. The fourth-order valence-corrected chi connectivity index (χ4v) is 4.36. The van der Waals surface area contributed by atoms with E-state index in [-0.39, 0.29) is 11.8 Å². The number of anilines is 2. The van der Waals surface area contributed by atoms with E-state index in [9.17, 15) is 9.59 Å². The molecule has 0 bridgehead atoms. The molecular weight excluding hydrogens is 450 g/mol. The van der Waals surface area contributed by atoms with Crippen LogP contribution >= 0.6 is 11.3 Å². The van der Waals surface area contributed by atoms with E-state index in [2.05, 4.69) is 25.8 Å². The van der Waals surface area contributed by atoms with Crippen molar-refractivity contribution in [2.45, 2.75) is 13.8 Å². The van der Waals surface area contributed by atoms with Gasteiger partial charge in [0, 0.05) is 29.3 Å². The van der Waals surface area contributed by atoms with E-state index in [1.807, 2.05) is 37.3 Å². The Balaban J connectivity index is 1.30. The lowest BCUT2D eigenvalue weighted by Gasteiger charge is -2.05. The van der Waals surface area contributed by atoms with Crippen molar-refractivity contribution in [2.75, 3.05) is 10.6 Å². The molecular formula is C25H19N5O3S. The fraction of sp³-hybridized carbons (Fsp3) is 0.0800. The van der Waals surface area contributed by atoms with E-state index >= 15 is 0 Å². The highest BCUT2D eigenvalue weighted by Gasteiger charge is 2.13. The Hall–Kier alpha value is -4.37. The van der Waals surface area contributed by atoms with Crippen molar-refractivity contribution in [3.05, 3.63) is 77.9 Å². The highest BCUT2D eigenvalue weighted by molar-refractivity contribution is 7.22. The topological polar surface area (TPSA) is 110 Å². The third-order valence-corrected chi connectivity index (χ3v) is 5.95. The van der Waals surface area contributed by atoms with E-state index in [0.717, 1.165) is 26.9 Å². The molecule has 9 heteroatoms. The maximum absolute atomic E-state index is 12.7. The van der Waals surface area contributed by atoms with Crippen LogP contribution in [0.2, 0.25) is 0 Å². The van der Waals surface area contributed by atoms with Crippen LogP contribution < -0.4 is 10.6 Å². The first-order chi connectivity index (χ1) is 16.4. The summed E-state index contributed by atoms with van der Waals surface area (Å²) in [4.78, 5) is 28.3. The fourth-order valence-electron chi connectivity index (χ4n) is 3.41. The molecule has 2 heterocycles. The molecule has 0 fully saturated rings. The largest absolute Gasteiger partial charge is 0.416 e. The first kappa shape index (κ1) is 21.5. The summed E-state index contributed by atoms with van der Waals surface area (Å²) < 4.78 is 6.68. The van der Waals surface area contributed by atoms with Gasteiger partial charge in [0.2, 0.25) is 17.7 Å². The standard InChI is InChI=1S/C25H19N5O3S/c1-14-4-3-5-18(12-14)24-30-29-23(33-24)17-8-6-16(7-9-17)22(32)27-19-10-11-20-21(13-19)34-25(28-20)26-15(2)31/h3-13H,1-2H3,(H,27,32)(H,26,28,31). The first-order valence-electron chi connectivity index (χ1n) is 10.4. The number of hydrogen-bond acceptors (Lipinski definition) is 7. The predicted molar refractivity (Wildman–Crippen MR) is 132 cm³/mol. The molecule has 2 N–H and O–H groups in total. The molecule has 2 aromatic heterocycles. The van der Waals surface area contributed by atoms with Crippen LogP contribution in [0.15, 0.2) is 71.1 Å². The summed E-state index contributed by atoms with van der Waals surface area (Å²) in [6, 6.07) is 20.2. The minimum absolute atomic E-state index is 0.178. The van der Waals surface area contributed by atoms with E-state index in [4.69, 9.17) is 4.42 Å². The zero-order chi connectivity index (χ0) is 23.7. The van der Waals surface area contributed by atoms with Gasteiger partial charge in [-0.1, -0.05) is 29.0 Å². The van der Waals surface area contributed by atoms with Gasteiger partial charge < -0.3 is 15.1 Å². The van der Waals surface area contributed by atoms with Crippen LogP contribution in [0.4, 0.5) is 10.8 Å². The Kier molecular flexibility index (Phi) is 5.60. The monoisotopic (exact) mass is 469 g/mol. The second-order valence-corrected chi connectivity index (χ2v) is 8.73. The number of benzene rings is 3. The summed E-state index contributed by atoms with van der Waals surface area (Å²) in [5.74, 6) is 0.404. The average molecular weight is 470 g/mol. The van der Waals surface area contributed by atoms with Gasteiger partial charge in [-0.25, -0.2) is 4.98 Å². The quantitative estimate of drug-likeness (QED) is 0.350. The van der Waals surface area contributed by atoms with E-state index in [1.165, 1.54) is 18.3 Å². The SMILES string of the molecule is CC(=O)Nc1nc2ccc(NC(=O)c3ccc(-c4nnc(-c5cccc(C)c5)o4)cc3)cc2s1. The van der Waals surface area contributed by atoms with Gasteiger partial charge in [-0.2, -0.15) is 0 Å². The van der Waals surface area contributed by atoms with E-state index in [1.54, 1.807) is 36.4 Å². The number of nitrogens with one attached hydrogen (secondary N) is 2. The number of thiazole rings is 1. The molecule has 5 aromatic rings. The van der Waals surface area contributed by atoms with Crippen molar-refractivity contribution < 1.29 is 14.0 Å². The second kappa shape index (κ2) is 8.87. The van der Waals surface area contributed by atoms with Gasteiger partial charge >= 0.3 is 0 Å². The molecule has 0 aliphatic heterocycles. The van der Waals surface area contributed by atoms with Gasteiger partial charge in [-0.15, -0.1) is 10.2 Å². The van der Waals surface area contributed by atoms with Crippen molar-refractivity contribution in [2.24, 2.45) is 0 Å². The lowest BCUT2D eigenvalue weighted by molar-refractivity contribution is -0.114. The Morgan fingerprint density at radius 1 is 0.882 bits per heavy atom. The highest BCUT2D eigenvalue weighted by atomic mass is 32.1. The van der Waals surface area contributed by atoms with Gasteiger partial charge in [0.05, 0.1) is 10.2 Å². The van der Waals surface area contributed by atoms with Crippen LogP contribution in [-0.4, -0.2) is 27.0 Å². The summed E-state index contributed by atoms with van der Waals surface area (Å²) in [5, 5.41) is 14.4. The molecule has 0 saturated carbocycles. The van der Waals surface area contributed by atoms with Crippen molar-refractivity contribution >= 4 is 44.2 Å². The average Bonchev–Trinajstić information content (AvgIpc) is 3.45. The molecule has 2 amide bonds. The third-order valence-electron chi connectivity index (χ3n) is 5.01. The lowest BCUT2D eigenvalue weighted by atomic mass is 10.1. The summed E-state index contributed by atoms with van der Waals surface area (Å²) in [6.45, 7) is 3.44. The number of nitrogens with zero attached hydrogens (tertiary/aromatic N) is 3. The zero-order valence-corrected chi connectivity index (χ0v) is 19.1. The van der Waals surface area contributed by atoms with Crippen LogP contribution in [0, 0.1) is 6.92 Å². The molecule has 0 saturated heterocycles. The minimum atomic E-state index is -0.247. The van der Waals surface area contributed by atoms with Gasteiger partial charge in [-0.3, -0.25) is 9.59 Å². The van der Waals surface area contributed by atoms with Crippen molar-refractivity contribution in [3.63, 3.8) is 0 Å². The number of aryl methyl sites for hydroxylation is 1. The van der Waals surface area contributed by atoms with E-state index in [0.29, 0.717) is 28.2 Å². The normalized spacial score (nSPS) is 10.9. The van der Waals surface area contributed by atoms with Gasteiger partial charge in [0.15, 0.2) is 5.13 Å². The van der Waals surface area contributed by atoms with Crippen LogP contribution in [0.3, 0.4) is 0 Å².